The summed E-state index contributed by atoms with van der Waals surface area (Å²) in [6, 6.07) is 7.86. The van der Waals surface area contributed by atoms with Gasteiger partial charge in [0.2, 0.25) is 5.91 Å². The van der Waals surface area contributed by atoms with Crippen LogP contribution in [-0.2, 0) is 4.79 Å². The van der Waals surface area contributed by atoms with E-state index in [1.54, 1.807) is 11.3 Å². The van der Waals surface area contributed by atoms with E-state index in [1.165, 1.54) is 0 Å². The quantitative estimate of drug-likeness (QED) is 0.883. The number of hydrogen-bond donors (Lipinski definition) is 2. The number of nitrogens with zero attached hydrogens (tertiary/aromatic N) is 2. The molecule has 2 heterocycles. The highest BCUT2D eigenvalue weighted by Gasteiger charge is 2.25. The summed E-state index contributed by atoms with van der Waals surface area (Å²) in [6.45, 7) is 3.29. The Balaban J connectivity index is 1.64. The molecular weight excluding hydrogens is 310 g/mol. The monoisotopic (exact) mass is 331 g/mol. The molecule has 1 aromatic heterocycles. The van der Waals surface area contributed by atoms with Gasteiger partial charge in [-0.2, -0.15) is 0 Å². The number of hydrogen-bond acceptors (Lipinski definition) is 5. The van der Waals surface area contributed by atoms with Gasteiger partial charge < -0.3 is 10.4 Å². The van der Waals surface area contributed by atoms with Crippen molar-refractivity contribution in [3.8, 4) is 11.3 Å². The van der Waals surface area contributed by atoms with Crippen molar-refractivity contribution in [1.82, 2.24) is 9.88 Å². The Labute approximate surface area is 140 Å². The third-order valence-corrected chi connectivity index (χ3v) is 4.89. The number of nitrogens with one attached hydrogen (secondary N) is 1. The first-order valence-electron chi connectivity index (χ1n) is 7.83. The van der Waals surface area contributed by atoms with Crippen molar-refractivity contribution in [2.45, 2.75) is 25.8 Å². The van der Waals surface area contributed by atoms with Crippen LogP contribution in [0.2, 0.25) is 0 Å². The molecular formula is C17H21N3O2S. The van der Waals surface area contributed by atoms with Crippen LogP contribution in [0.25, 0.3) is 11.3 Å². The van der Waals surface area contributed by atoms with Crippen LogP contribution in [0.1, 0.15) is 17.8 Å². The minimum absolute atomic E-state index is 0.0445. The lowest BCUT2D eigenvalue weighted by Crippen LogP contribution is -2.38. The molecule has 5 nitrogen and oxygen atoms in total. The van der Waals surface area contributed by atoms with Crippen LogP contribution >= 0.6 is 11.3 Å². The lowest BCUT2D eigenvalue weighted by molar-refractivity contribution is -0.117. The van der Waals surface area contributed by atoms with Gasteiger partial charge in [-0.1, -0.05) is 12.1 Å². The fraction of sp³-hybridized carbons (Fsp3) is 0.412. The van der Waals surface area contributed by atoms with Crippen molar-refractivity contribution < 1.29 is 9.90 Å². The van der Waals surface area contributed by atoms with E-state index >= 15 is 0 Å². The fourth-order valence-electron chi connectivity index (χ4n) is 2.95. The van der Waals surface area contributed by atoms with Gasteiger partial charge in [0.1, 0.15) is 0 Å². The van der Waals surface area contributed by atoms with Gasteiger partial charge in [-0.05, 0) is 38.4 Å². The van der Waals surface area contributed by atoms with E-state index in [0.717, 1.165) is 41.3 Å². The molecule has 1 saturated heterocycles. The summed E-state index contributed by atoms with van der Waals surface area (Å²) in [7, 11) is 0. The molecule has 1 aliphatic rings. The van der Waals surface area contributed by atoms with E-state index in [-0.39, 0.29) is 18.6 Å². The predicted molar refractivity (Wildman–Crippen MR) is 92.6 cm³/mol. The highest BCUT2D eigenvalue weighted by atomic mass is 32.1. The Morgan fingerprint density at radius 3 is 3.13 bits per heavy atom. The minimum atomic E-state index is -0.0445. The van der Waals surface area contributed by atoms with Crippen LogP contribution < -0.4 is 5.32 Å². The maximum Gasteiger partial charge on any atom is 0.238 e. The second kappa shape index (κ2) is 7.21. The number of aryl methyl sites for hydroxylation is 1. The highest BCUT2D eigenvalue weighted by Crippen LogP contribution is 2.24. The molecule has 6 heteroatoms. The van der Waals surface area contributed by atoms with E-state index in [0.29, 0.717) is 6.54 Å². The van der Waals surface area contributed by atoms with Crippen molar-refractivity contribution in [2.75, 3.05) is 25.0 Å². The Morgan fingerprint density at radius 1 is 1.52 bits per heavy atom. The SMILES string of the molecule is Cc1nc(-c2cccc(NC(=O)CN3CCCC3CO)c2)cs1. The van der Waals surface area contributed by atoms with Crippen LogP contribution in [0, 0.1) is 6.92 Å². The number of amides is 1. The summed E-state index contributed by atoms with van der Waals surface area (Å²) in [5, 5.41) is 15.3. The molecule has 1 aromatic carbocycles. The standard InChI is InChI=1S/C17H21N3O2S/c1-12-18-16(11-23-12)13-4-2-5-14(8-13)19-17(22)9-20-7-3-6-15(20)10-21/h2,4-5,8,11,15,21H,3,6-7,9-10H2,1H3,(H,19,22). The third kappa shape index (κ3) is 3.96. The number of aliphatic hydroxyl groups is 1. The summed E-state index contributed by atoms with van der Waals surface area (Å²) in [5.41, 5.74) is 2.71. The molecule has 1 amide bonds. The van der Waals surface area contributed by atoms with Gasteiger partial charge in [0.25, 0.3) is 0 Å². The van der Waals surface area contributed by atoms with Crippen molar-refractivity contribution >= 4 is 22.9 Å². The summed E-state index contributed by atoms with van der Waals surface area (Å²) in [4.78, 5) is 18.8. The number of carbonyl (C=O) groups is 1. The van der Waals surface area contributed by atoms with Gasteiger partial charge in [0.15, 0.2) is 0 Å². The Kier molecular flexibility index (Phi) is 5.05. The maximum absolute atomic E-state index is 12.2. The number of aliphatic hydroxyl groups excluding tert-OH is 1. The minimum Gasteiger partial charge on any atom is -0.395 e. The molecule has 1 aliphatic heterocycles. The number of anilines is 1. The average molecular weight is 331 g/mol. The van der Waals surface area contributed by atoms with Gasteiger partial charge in [-0.15, -0.1) is 11.3 Å². The van der Waals surface area contributed by atoms with Crippen molar-refractivity contribution in [2.24, 2.45) is 0 Å². The van der Waals surface area contributed by atoms with Crippen molar-refractivity contribution in [1.29, 1.82) is 0 Å². The lowest BCUT2D eigenvalue weighted by atomic mass is 10.1. The topological polar surface area (TPSA) is 65.5 Å². The Hall–Kier alpha value is -1.76. The lowest BCUT2D eigenvalue weighted by Gasteiger charge is -2.21. The van der Waals surface area contributed by atoms with Crippen molar-refractivity contribution in [3.63, 3.8) is 0 Å². The van der Waals surface area contributed by atoms with Gasteiger partial charge in [-0.3, -0.25) is 9.69 Å². The van der Waals surface area contributed by atoms with E-state index in [1.807, 2.05) is 41.5 Å². The highest BCUT2D eigenvalue weighted by molar-refractivity contribution is 7.09. The molecule has 0 spiro atoms. The molecule has 0 bridgehead atoms. The molecule has 1 fully saturated rings. The molecule has 0 aliphatic carbocycles. The Morgan fingerprint density at radius 2 is 2.39 bits per heavy atom. The van der Waals surface area contributed by atoms with E-state index in [9.17, 15) is 9.90 Å². The number of carbonyl (C=O) groups excluding carboxylic acids is 1. The molecule has 23 heavy (non-hydrogen) atoms. The molecule has 122 valence electrons. The smallest absolute Gasteiger partial charge is 0.238 e. The van der Waals surface area contributed by atoms with Crippen LogP contribution in [0.3, 0.4) is 0 Å². The number of rotatable bonds is 5. The second-order valence-corrected chi connectivity index (χ2v) is 6.89. The first-order valence-corrected chi connectivity index (χ1v) is 8.71. The fourth-order valence-corrected chi connectivity index (χ4v) is 3.57. The normalized spacial score (nSPS) is 18.3. The second-order valence-electron chi connectivity index (χ2n) is 5.83. The molecule has 1 unspecified atom stereocenters. The number of likely N-dealkylation sites (tertiary alicyclic amines) is 1. The zero-order valence-corrected chi connectivity index (χ0v) is 14.0. The number of benzene rings is 1. The summed E-state index contributed by atoms with van der Waals surface area (Å²) >= 11 is 1.61. The van der Waals surface area contributed by atoms with Gasteiger partial charge >= 0.3 is 0 Å². The summed E-state index contributed by atoms with van der Waals surface area (Å²) in [5.74, 6) is -0.0445. The largest absolute Gasteiger partial charge is 0.395 e. The molecule has 2 N–H and O–H groups in total. The predicted octanol–water partition coefficient (Wildman–Crippen LogP) is 2.51. The first kappa shape index (κ1) is 16.1. The molecule has 2 aromatic rings. The van der Waals surface area contributed by atoms with E-state index in [2.05, 4.69) is 10.3 Å². The van der Waals surface area contributed by atoms with Gasteiger partial charge in [0, 0.05) is 22.7 Å². The summed E-state index contributed by atoms with van der Waals surface area (Å²) in [6.07, 6.45) is 2.00. The van der Waals surface area contributed by atoms with Crippen LogP contribution in [0.5, 0.6) is 0 Å². The number of thiazole rings is 1. The first-order chi connectivity index (χ1) is 11.2. The molecule has 1 atom stereocenters. The third-order valence-electron chi connectivity index (χ3n) is 4.12. The molecule has 0 radical (unpaired) electrons. The van der Waals surface area contributed by atoms with E-state index < -0.39 is 0 Å². The van der Waals surface area contributed by atoms with Crippen LogP contribution in [0.4, 0.5) is 5.69 Å². The van der Waals surface area contributed by atoms with Crippen LogP contribution in [-0.4, -0.2) is 46.6 Å². The molecule has 0 saturated carbocycles. The van der Waals surface area contributed by atoms with Crippen molar-refractivity contribution in [3.05, 3.63) is 34.7 Å². The number of aromatic nitrogens is 1. The summed E-state index contributed by atoms with van der Waals surface area (Å²) < 4.78 is 0. The molecule has 3 rings (SSSR count). The zero-order valence-electron chi connectivity index (χ0n) is 13.2. The maximum atomic E-state index is 12.2. The zero-order chi connectivity index (χ0) is 16.2. The average Bonchev–Trinajstić information content (AvgIpc) is 3.16. The van der Waals surface area contributed by atoms with Gasteiger partial charge in [-0.25, -0.2) is 4.98 Å². The van der Waals surface area contributed by atoms with Gasteiger partial charge in [0.05, 0.1) is 23.9 Å². The van der Waals surface area contributed by atoms with E-state index in [4.69, 9.17) is 0 Å². The Bertz CT molecular complexity index is 686. The van der Waals surface area contributed by atoms with Crippen LogP contribution in [0.15, 0.2) is 29.6 Å².